The molecule has 0 aliphatic carbocycles. The van der Waals surface area contributed by atoms with Gasteiger partial charge in [-0.3, -0.25) is 4.79 Å². The third-order valence-corrected chi connectivity index (χ3v) is 7.14. The van der Waals surface area contributed by atoms with Crippen LogP contribution in [0.15, 0.2) is 47.3 Å². The molecule has 2 aromatic carbocycles. The number of rotatable bonds is 7. The Bertz CT molecular complexity index is 1580. The number of halogens is 2. The van der Waals surface area contributed by atoms with Gasteiger partial charge in [0.05, 0.1) is 29.0 Å². The molecule has 5 rings (SSSR count). The van der Waals surface area contributed by atoms with Crippen LogP contribution in [0.3, 0.4) is 0 Å². The number of nitrogens with one attached hydrogen (secondary N) is 1. The molecule has 0 spiro atoms. The summed E-state index contributed by atoms with van der Waals surface area (Å²) in [5, 5.41) is 28.1. The van der Waals surface area contributed by atoms with Crippen LogP contribution in [0.2, 0.25) is 0 Å². The van der Waals surface area contributed by atoms with E-state index in [0.717, 1.165) is 29.5 Å². The van der Waals surface area contributed by atoms with E-state index in [1.807, 2.05) is 22.6 Å². The van der Waals surface area contributed by atoms with Crippen LogP contribution in [0.4, 0.5) is 20.2 Å². The van der Waals surface area contributed by atoms with Crippen molar-refractivity contribution in [3.63, 3.8) is 0 Å². The number of benzene rings is 2. The van der Waals surface area contributed by atoms with Crippen LogP contribution in [-0.4, -0.2) is 54.8 Å². The molecule has 0 amide bonds. The van der Waals surface area contributed by atoms with E-state index in [0.29, 0.717) is 41.1 Å². The number of aryl methyl sites for hydroxylation is 1. The molecule has 0 saturated carbocycles. The highest BCUT2D eigenvalue weighted by molar-refractivity contribution is 5.97. The highest BCUT2D eigenvalue weighted by atomic mass is 19.1. The zero-order valence-corrected chi connectivity index (χ0v) is 21.9. The molecule has 4 aromatic rings. The monoisotopic (exact) mass is 539 g/mol. The minimum Gasteiger partial charge on any atom is -0.394 e. The number of aliphatic hydroxyl groups excluding tert-OH is 2. The molecule has 5 N–H and O–H groups in total. The van der Waals surface area contributed by atoms with Crippen molar-refractivity contribution in [2.45, 2.75) is 38.0 Å². The van der Waals surface area contributed by atoms with E-state index in [4.69, 9.17) is 10.7 Å². The van der Waals surface area contributed by atoms with Gasteiger partial charge in [-0.15, -0.1) is 0 Å². The normalized spacial score (nSPS) is 18.3. The van der Waals surface area contributed by atoms with E-state index in [1.165, 1.54) is 12.1 Å². The lowest BCUT2D eigenvalue weighted by Gasteiger charge is -2.27. The maximum atomic E-state index is 14.4. The molecule has 0 radical (unpaired) electrons. The van der Waals surface area contributed by atoms with Crippen molar-refractivity contribution in [2.75, 3.05) is 29.9 Å². The molecule has 1 aliphatic heterocycles. The fourth-order valence-corrected chi connectivity index (χ4v) is 5.08. The van der Waals surface area contributed by atoms with E-state index in [9.17, 15) is 23.8 Å². The molecule has 39 heavy (non-hydrogen) atoms. The van der Waals surface area contributed by atoms with Gasteiger partial charge in [0.25, 0.3) is 5.56 Å². The van der Waals surface area contributed by atoms with Crippen LogP contribution in [0, 0.1) is 11.6 Å². The van der Waals surface area contributed by atoms with E-state index in [1.54, 1.807) is 6.07 Å². The zero-order valence-electron chi connectivity index (χ0n) is 21.9. The van der Waals surface area contributed by atoms with Gasteiger partial charge >= 0.3 is 0 Å². The molecular formula is C27H31F2N7O3. The summed E-state index contributed by atoms with van der Waals surface area (Å²) in [5.74, 6) is -0.886. The molecule has 10 nitrogen and oxygen atoms in total. The SMILES string of the molecule is CC(C)c1nc2c(N3CC[C@](N)(CO)C3)c(NC(O)c3ccc(=O)n(-c4c(F)cccc4F)n3)ccc2n1C. The van der Waals surface area contributed by atoms with Gasteiger partial charge in [0, 0.05) is 32.1 Å². The smallest absolute Gasteiger partial charge is 0.271 e. The Kier molecular flexibility index (Phi) is 6.87. The minimum atomic E-state index is -1.45. The summed E-state index contributed by atoms with van der Waals surface area (Å²) in [6.45, 7) is 4.86. The number of fused-ring (bicyclic) bond motifs is 1. The number of aromatic nitrogens is 4. The summed E-state index contributed by atoms with van der Waals surface area (Å²) >= 11 is 0. The Balaban J connectivity index is 1.58. The zero-order chi connectivity index (χ0) is 28.1. The average Bonchev–Trinajstić information content (AvgIpc) is 3.45. The second-order valence-corrected chi connectivity index (χ2v) is 10.3. The first-order valence-electron chi connectivity index (χ1n) is 12.7. The molecule has 1 saturated heterocycles. The molecule has 3 heterocycles. The highest BCUT2D eigenvalue weighted by Gasteiger charge is 2.36. The van der Waals surface area contributed by atoms with E-state index in [-0.39, 0.29) is 18.2 Å². The van der Waals surface area contributed by atoms with Crippen molar-refractivity contribution in [2.24, 2.45) is 12.8 Å². The molecular weight excluding hydrogens is 508 g/mol. The number of para-hydroxylation sites is 1. The fourth-order valence-electron chi connectivity index (χ4n) is 5.08. The summed E-state index contributed by atoms with van der Waals surface area (Å²) in [4.78, 5) is 19.4. The van der Waals surface area contributed by atoms with Crippen molar-refractivity contribution in [1.29, 1.82) is 0 Å². The quantitative estimate of drug-likeness (QED) is 0.263. The maximum Gasteiger partial charge on any atom is 0.271 e. The Labute approximate surface area is 223 Å². The fraction of sp³-hybridized carbons (Fsp3) is 0.370. The lowest BCUT2D eigenvalue weighted by Crippen LogP contribution is -2.46. The van der Waals surface area contributed by atoms with Gasteiger partial charge in [0.15, 0.2) is 17.9 Å². The van der Waals surface area contributed by atoms with Crippen LogP contribution in [0.1, 0.15) is 43.9 Å². The number of nitrogens with two attached hydrogens (primary N) is 1. The van der Waals surface area contributed by atoms with Crippen LogP contribution in [0.5, 0.6) is 0 Å². The van der Waals surface area contributed by atoms with Gasteiger partial charge in [0.2, 0.25) is 0 Å². The van der Waals surface area contributed by atoms with Gasteiger partial charge in [-0.05, 0) is 36.8 Å². The third kappa shape index (κ3) is 4.75. The van der Waals surface area contributed by atoms with E-state index < -0.39 is 34.6 Å². The molecule has 12 heteroatoms. The summed E-state index contributed by atoms with van der Waals surface area (Å²) in [5.41, 5.74) is 6.97. The lowest BCUT2D eigenvalue weighted by molar-refractivity contribution is 0.201. The summed E-state index contributed by atoms with van der Waals surface area (Å²) in [7, 11) is 1.94. The standard InChI is InChI=1S/C27H31F2N7O3/c1-15(2)25-32-22-20(34(25)3)9-7-18(24(22)35-12-11-27(30,13-35)14-37)31-26(39)19-8-10-21(38)36(33-19)23-16(28)5-4-6-17(23)29/h4-10,15,26,31,37,39H,11-14,30H2,1-3H3/t26?,27-/m1/s1. The molecule has 2 atom stereocenters. The van der Waals surface area contributed by atoms with Crippen molar-refractivity contribution in [1.82, 2.24) is 19.3 Å². The highest BCUT2D eigenvalue weighted by Crippen LogP contribution is 2.39. The molecule has 1 unspecified atom stereocenters. The van der Waals surface area contributed by atoms with Gasteiger partial charge in [-0.1, -0.05) is 19.9 Å². The molecule has 1 aliphatic rings. The Morgan fingerprint density at radius 3 is 2.49 bits per heavy atom. The van der Waals surface area contributed by atoms with E-state index in [2.05, 4.69) is 24.3 Å². The summed E-state index contributed by atoms with van der Waals surface area (Å²) in [6, 6.07) is 9.28. The first-order valence-corrected chi connectivity index (χ1v) is 12.7. The van der Waals surface area contributed by atoms with Crippen molar-refractivity contribution >= 4 is 22.4 Å². The Morgan fingerprint density at radius 2 is 1.85 bits per heavy atom. The number of hydrogen-bond donors (Lipinski definition) is 4. The van der Waals surface area contributed by atoms with Crippen molar-refractivity contribution < 1.29 is 19.0 Å². The van der Waals surface area contributed by atoms with Crippen LogP contribution < -0.4 is 21.5 Å². The van der Waals surface area contributed by atoms with Crippen LogP contribution >= 0.6 is 0 Å². The third-order valence-electron chi connectivity index (χ3n) is 7.14. The molecule has 206 valence electrons. The predicted octanol–water partition coefficient (Wildman–Crippen LogP) is 2.52. The van der Waals surface area contributed by atoms with Gasteiger partial charge < -0.3 is 30.7 Å². The van der Waals surface area contributed by atoms with Gasteiger partial charge in [0.1, 0.15) is 22.7 Å². The first-order chi connectivity index (χ1) is 18.5. The summed E-state index contributed by atoms with van der Waals surface area (Å²) in [6.07, 6.45) is -0.883. The average molecular weight is 540 g/mol. The van der Waals surface area contributed by atoms with Crippen LogP contribution in [-0.2, 0) is 7.05 Å². The number of hydrogen-bond acceptors (Lipinski definition) is 8. The Morgan fingerprint density at radius 1 is 1.13 bits per heavy atom. The maximum absolute atomic E-state index is 14.4. The van der Waals surface area contributed by atoms with Gasteiger partial charge in [-0.2, -0.15) is 9.78 Å². The second kappa shape index (κ2) is 10.0. The Hall–Kier alpha value is -3.87. The van der Waals surface area contributed by atoms with E-state index >= 15 is 0 Å². The molecule has 0 bridgehead atoms. The second-order valence-electron chi connectivity index (χ2n) is 10.3. The number of imidazole rings is 1. The van der Waals surface area contributed by atoms with Crippen LogP contribution in [0.25, 0.3) is 16.7 Å². The summed E-state index contributed by atoms with van der Waals surface area (Å²) < 4.78 is 31.4. The molecule has 2 aromatic heterocycles. The minimum absolute atomic E-state index is 0.0304. The number of nitrogens with zero attached hydrogens (tertiary/aromatic N) is 5. The topological polar surface area (TPSA) is 134 Å². The van der Waals surface area contributed by atoms with Gasteiger partial charge in [-0.25, -0.2) is 13.8 Å². The largest absolute Gasteiger partial charge is 0.394 e. The number of anilines is 2. The predicted molar refractivity (Wildman–Crippen MR) is 144 cm³/mol. The first kappa shape index (κ1) is 26.7. The molecule has 1 fully saturated rings. The van der Waals surface area contributed by atoms with Crippen molar-refractivity contribution in [3.8, 4) is 5.69 Å². The number of aliphatic hydroxyl groups is 2. The lowest BCUT2D eigenvalue weighted by atomic mass is 10.0. The van der Waals surface area contributed by atoms with Crippen molar-refractivity contribution in [3.05, 3.63) is 76.0 Å².